The first-order chi connectivity index (χ1) is 10.3. The van der Waals surface area contributed by atoms with Gasteiger partial charge in [-0.3, -0.25) is 0 Å². The first kappa shape index (κ1) is 13.8. The number of fused-ring (bicyclic) bond motifs is 1. The maximum atomic E-state index is 5.93. The van der Waals surface area contributed by atoms with E-state index in [2.05, 4.69) is 5.32 Å². The van der Waals surface area contributed by atoms with E-state index in [1.165, 1.54) is 0 Å². The minimum Gasteiger partial charge on any atom is -0.491 e. The van der Waals surface area contributed by atoms with Crippen molar-refractivity contribution in [3.63, 3.8) is 0 Å². The van der Waals surface area contributed by atoms with E-state index in [1.54, 1.807) is 0 Å². The van der Waals surface area contributed by atoms with Gasteiger partial charge in [-0.25, -0.2) is 0 Å². The van der Waals surface area contributed by atoms with Gasteiger partial charge in [0.15, 0.2) is 11.5 Å². The van der Waals surface area contributed by atoms with E-state index < -0.39 is 0 Å². The highest BCUT2D eigenvalue weighted by Crippen LogP contribution is 2.34. The van der Waals surface area contributed by atoms with Crippen molar-refractivity contribution < 1.29 is 14.2 Å². The quantitative estimate of drug-likeness (QED) is 0.916. The standard InChI is InChI=1S/C17H19NO3/c1-12-5-3-4-6-15(12)19-10-14(18-2)13-7-8-16-17(9-13)21-11-20-16/h3-9,14,18H,10-11H2,1-2H3. The van der Waals surface area contributed by atoms with Crippen LogP contribution >= 0.6 is 0 Å². The number of ether oxygens (including phenoxy) is 3. The molecule has 1 aliphatic heterocycles. The van der Waals surface area contributed by atoms with Crippen LogP contribution in [-0.2, 0) is 0 Å². The Bertz CT molecular complexity index is 627. The van der Waals surface area contributed by atoms with Gasteiger partial charge in [0.05, 0.1) is 6.04 Å². The van der Waals surface area contributed by atoms with Crippen LogP contribution in [0.3, 0.4) is 0 Å². The fraction of sp³-hybridized carbons (Fsp3) is 0.294. The molecule has 1 heterocycles. The minimum absolute atomic E-state index is 0.0964. The van der Waals surface area contributed by atoms with Crippen LogP contribution in [0.1, 0.15) is 17.2 Å². The Labute approximate surface area is 124 Å². The topological polar surface area (TPSA) is 39.7 Å². The molecular weight excluding hydrogens is 266 g/mol. The molecule has 0 fully saturated rings. The molecule has 21 heavy (non-hydrogen) atoms. The molecule has 4 nitrogen and oxygen atoms in total. The average Bonchev–Trinajstić information content (AvgIpc) is 2.97. The molecule has 0 aliphatic carbocycles. The molecule has 1 unspecified atom stereocenters. The number of para-hydroxylation sites is 1. The van der Waals surface area contributed by atoms with Gasteiger partial charge in [0.1, 0.15) is 12.4 Å². The lowest BCUT2D eigenvalue weighted by Gasteiger charge is -2.18. The van der Waals surface area contributed by atoms with E-state index in [0.29, 0.717) is 13.4 Å². The Morgan fingerprint density at radius 3 is 2.76 bits per heavy atom. The van der Waals surface area contributed by atoms with Gasteiger partial charge in [0, 0.05) is 0 Å². The number of hydrogen-bond donors (Lipinski definition) is 1. The van der Waals surface area contributed by atoms with Crippen molar-refractivity contribution in [1.29, 1.82) is 0 Å². The van der Waals surface area contributed by atoms with Gasteiger partial charge < -0.3 is 19.5 Å². The lowest BCUT2D eigenvalue weighted by molar-refractivity contribution is 0.174. The predicted octanol–water partition coefficient (Wildman–Crippen LogP) is 3.06. The number of aryl methyl sites for hydroxylation is 1. The molecule has 110 valence electrons. The molecule has 1 aliphatic rings. The van der Waals surface area contributed by atoms with Crippen LogP contribution in [-0.4, -0.2) is 20.4 Å². The van der Waals surface area contributed by atoms with Gasteiger partial charge in [-0.15, -0.1) is 0 Å². The van der Waals surface area contributed by atoms with Crippen molar-refractivity contribution in [3.05, 3.63) is 53.6 Å². The number of rotatable bonds is 5. The molecule has 0 saturated carbocycles. The van der Waals surface area contributed by atoms with Crippen LogP contribution in [0.2, 0.25) is 0 Å². The summed E-state index contributed by atoms with van der Waals surface area (Å²) in [7, 11) is 1.93. The third kappa shape index (κ3) is 2.95. The van der Waals surface area contributed by atoms with Crippen molar-refractivity contribution in [2.75, 3.05) is 20.4 Å². The predicted molar refractivity (Wildman–Crippen MR) is 81.0 cm³/mol. The molecule has 2 aromatic rings. The first-order valence-corrected chi connectivity index (χ1v) is 7.03. The monoisotopic (exact) mass is 285 g/mol. The summed E-state index contributed by atoms with van der Waals surface area (Å²) in [4.78, 5) is 0. The maximum absolute atomic E-state index is 5.93. The second kappa shape index (κ2) is 6.06. The summed E-state index contributed by atoms with van der Waals surface area (Å²) in [6.45, 7) is 2.90. The zero-order chi connectivity index (χ0) is 14.7. The number of nitrogens with one attached hydrogen (secondary N) is 1. The maximum Gasteiger partial charge on any atom is 0.231 e. The van der Waals surface area contributed by atoms with Gasteiger partial charge in [0.2, 0.25) is 6.79 Å². The van der Waals surface area contributed by atoms with Crippen LogP contribution in [0.4, 0.5) is 0 Å². The van der Waals surface area contributed by atoms with Gasteiger partial charge in [-0.2, -0.15) is 0 Å². The van der Waals surface area contributed by atoms with E-state index >= 15 is 0 Å². The molecule has 1 N–H and O–H groups in total. The van der Waals surface area contributed by atoms with E-state index in [0.717, 1.165) is 28.4 Å². The molecule has 0 amide bonds. The third-order valence-electron chi connectivity index (χ3n) is 3.65. The van der Waals surface area contributed by atoms with Crippen molar-refractivity contribution in [2.24, 2.45) is 0 Å². The normalized spacial score (nSPS) is 14.0. The molecular formula is C17H19NO3. The fourth-order valence-corrected chi connectivity index (χ4v) is 2.37. The Morgan fingerprint density at radius 2 is 1.95 bits per heavy atom. The van der Waals surface area contributed by atoms with Crippen LogP contribution in [0.15, 0.2) is 42.5 Å². The molecule has 4 heteroatoms. The van der Waals surface area contributed by atoms with E-state index in [1.807, 2.05) is 56.4 Å². The second-order valence-corrected chi connectivity index (χ2v) is 5.03. The van der Waals surface area contributed by atoms with Crippen molar-refractivity contribution in [2.45, 2.75) is 13.0 Å². The third-order valence-corrected chi connectivity index (χ3v) is 3.65. The molecule has 1 atom stereocenters. The van der Waals surface area contributed by atoms with E-state index in [9.17, 15) is 0 Å². The number of hydrogen-bond acceptors (Lipinski definition) is 4. The smallest absolute Gasteiger partial charge is 0.231 e. The summed E-state index contributed by atoms with van der Waals surface area (Å²) in [5, 5.41) is 3.28. The molecule has 3 rings (SSSR count). The molecule has 0 aromatic heterocycles. The van der Waals surface area contributed by atoms with E-state index in [4.69, 9.17) is 14.2 Å². The average molecular weight is 285 g/mol. The van der Waals surface area contributed by atoms with Crippen molar-refractivity contribution >= 4 is 0 Å². The van der Waals surface area contributed by atoms with E-state index in [-0.39, 0.29) is 6.04 Å². The highest BCUT2D eigenvalue weighted by atomic mass is 16.7. The summed E-state index contributed by atoms with van der Waals surface area (Å²) in [5.41, 5.74) is 2.26. The Hall–Kier alpha value is -2.20. The largest absolute Gasteiger partial charge is 0.491 e. The van der Waals surface area contributed by atoms with Crippen LogP contribution < -0.4 is 19.5 Å². The van der Waals surface area contributed by atoms with Crippen LogP contribution in [0.5, 0.6) is 17.2 Å². The molecule has 0 spiro atoms. The molecule has 0 bridgehead atoms. The summed E-state index contributed by atoms with van der Waals surface area (Å²) >= 11 is 0. The number of likely N-dealkylation sites (N-methyl/N-ethyl adjacent to an activating group) is 1. The fourth-order valence-electron chi connectivity index (χ4n) is 2.37. The van der Waals surface area contributed by atoms with Crippen LogP contribution in [0.25, 0.3) is 0 Å². The van der Waals surface area contributed by atoms with Crippen LogP contribution in [0, 0.1) is 6.92 Å². The molecule has 0 saturated heterocycles. The molecule has 0 radical (unpaired) electrons. The number of benzene rings is 2. The van der Waals surface area contributed by atoms with Crippen molar-refractivity contribution in [1.82, 2.24) is 5.32 Å². The lowest BCUT2D eigenvalue weighted by atomic mass is 10.1. The molecule has 2 aromatic carbocycles. The highest BCUT2D eigenvalue weighted by molar-refractivity contribution is 5.45. The highest BCUT2D eigenvalue weighted by Gasteiger charge is 2.17. The summed E-state index contributed by atoms with van der Waals surface area (Å²) in [6, 6.07) is 14.1. The Kier molecular flexibility index (Phi) is 3.97. The second-order valence-electron chi connectivity index (χ2n) is 5.03. The first-order valence-electron chi connectivity index (χ1n) is 7.03. The zero-order valence-corrected chi connectivity index (χ0v) is 12.3. The van der Waals surface area contributed by atoms with Crippen molar-refractivity contribution in [3.8, 4) is 17.2 Å². The summed E-state index contributed by atoms with van der Waals surface area (Å²) < 4.78 is 16.7. The van der Waals surface area contributed by atoms with Gasteiger partial charge in [-0.05, 0) is 43.3 Å². The summed E-state index contributed by atoms with van der Waals surface area (Å²) in [6.07, 6.45) is 0. The lowest BCUT2D eigenvalue weighted by Crippen LogP contribution is -2.23. The Morgan fingerprint density at radius 1 is 1.14 bits per heavy atom. The van der Waals surface area contributed by atoms with Gasteiger partial charge in [-0.1, -0.05) is 24.3 Å². The zero-order valence-electron chi connectivity index (χ0n) is 12.3. The van der Waals surface area contributed by atoms with Gasteiger partial charge >= 0.3 is 0 Å². The van der Waals surface area contributed by atoms with Gasteiger partial charge in [0.25, 0.3) is 0 Å². The summed E-state index contributed by atoms with van der Waals surface area (Å²) in [5.74, 6) is 2.51. The SMILES string of the molecule is CNC(COc1ccccc1C)c1ccc2c(c1)OCO2. The Balaban J connectivity index is 1.72. The minimum atomic E-state index is 0.0964.